The Bertz CT molecular complexity index is 500. The summed E-state index contributed by atoms with van der Waals surface area (Å²) in [6, 6.07) is 8.20. The second kappa shape index (κ2) is 7.14. The highest BCUT2D eigenvalue weighted by molar-refractivity contribution is 5.76. The minimum atomic E-state index is 0.0643. The molecule has 0 unspecified atom stereocenters. The summed E-state index contributed by atoms with van der Waals surface area (Å²) in [7, 11) is 1.69. The van der Waals surface area contributed by atoms with E-state index >= 15 is 0 Å². The molecule has 0 aliphatic carbocycles. The Balaban J connectivity index is 1.83. The minimum absolute atomic E-state index is 0.0643. The van der Waals surface area contributed by atoms with E-state index in [1.807, 2.05) is 17.0 Å². The predicted octanol–water partition coefficient (Wildman–Crippen LogP) is 2.78. The van der Waals surface area contributed by atoms with Crippen LogP contribution in [0.1, 0.15) is 32.8 Å². The molecule has 0 saturated carbocycles. The van der Waals surface area contributed by atoms with Crippen molar-refractivity contribution < 1.29 is 9.53 Å². The van der Waals surface area contributed by atoms with Crippen LogP contribution in [0.4, 0.5) is 0 Å². The number of nitrogens with zero attached hydrogens (tertiary/aromatic N) is 2. The maximum absolute atomic E-state index is 12.3. The number of carbonyl (C=O) groups excluding carboxylic acids is 1. The van der Waals surface area contributed by atoms with E-state index in [1.54, 1.807) is 7.11 Å². The van der Waals surface area contributed by atoms with Crippen molar-refractivity contribution in [2.75, 3.05) is 33.3 Å². The zero-order valence-electron chi connectivity index (χ0n) is 14.3. The number of carbonyl (C=O) groups is 1. The van der Waals surface area contributed by atoms with Gasteiger partial charge in [0.25, 0.3) is 0 Å². The van der Waals surface area contributed by atoms with Crippen LogP contribution in [0.2, 0.25) is 0 Å². The number of benzene rings is 1. The summed E-state index contributed by atoms with van der Waals surface area (Å²) in [5.74, 6) is 1.19. The van der Waals surface area contributed by atoms with Gasteiger partial charge in [0.15, 0.2) is 0 Å². The van der Waals surface area contributed by atoms with E-state index in [0.29, 0.717) is 6.42 Å². The van der Waals surface area contributed by atoms with Gasteiger partial charge in [-0.3, -0.25) is 9.69 Å². The van der Waals surface area contributed by atoms with Crippen LogP contribution in [-0.4, -0.2) is 49.0 Å². The number of rotatable bonds is 4. The van der Waals surface area contributed by atoms with Crippen molar-refractivity contribution in [3.8, 4) is 5.75 Å². The van der Waals surface area contributed by atoms with Crippen LogP contribution in [0.25, 0.3) is 0 Å². The first-order valence-electron chi connectivity index (χ1n) is 8.00. The lowest BCUT2D eigenvalue weighted by Gasteiger charge is -2.36. The zero-order chi connectivity index (χ0) is 16.2. The normalized spacial score (nSPS) is 16.6. The largest absolute Gasteiger partial charge is 0.497 e. The number of piperazine rings is 1. The number of amides is 1. The van der Waals surface area contributed by atoms with E-state index in [0.717, 1.165) is 38.5 Å². The van der Waals surface area contributed by atoms with Crippen molar-refractivity contribution >= 4 is 5.91 Å². The lowest BCUT2D eigenvalue weighted by atomic mass is 9.91. The van der Waals surface area contributed by atoms with Gasteiger partial charge < -0.3 is 9.64 Å². The Morgan fingerprint density at radius 3 is 2.45 bits per heavy atom. The maximum Gasteiger partial charge on any atom is 0.223 e. The molecule has 1 fully saturated rings. The first kappa shape index (κ1) is 16.8. The summed E-state index contributed by atoms with van der Waals surface area (Å²) < 4.78 is 5.27. The van der Waals surface area contributed by atoms with Gasteiger partial charge in [0.1, 0.15) is 5.75 Å². The van der Waals surface area contributed by atoms with Crippen molar-refractivity contribution in [3.63, 3.8) is 0 Å². The molecule has 0 spiro atoms. The van der Waals surface area contributed by atoms with Crippen molar-refractivity contribution in [3.05, 3.63) is 29.8 Å². The first-order valence-corrected chi connectivity index (χ1v) is 8.00. The Morgan fingerprint density at radius 1 is 1.18 bits per heavy atom. The van der Waals surface area contributed by atoms with E-state index in [2.05, 4.69) is 37.8 Å². The van der Waals surface area contributed by atoms with Gasteiger partial charge >= 0.3 is 0 Å². The van der Waals surface area contributed by atoms with Crippen molar-refractivity contribution in [2.45, 2.75) is 33.7 Å². The standard InChI is InChI=1S/C18H28N2O2/c1-18(2,3)13-17(21)20-10-8-19(9-11-20)14-15-6-5-7-16(12-15)22-4/h5-7,12H,8-11,13-14H2,1-4H3. The highest BCUT2D eigenvalue weighted by Crippen LogP contribution is 2.21. The molecular formula is C18H28N2O2. The van der Waals surface area contributed by atoms with E-state index in [-0.39, 0.29) is 11.3 Å². The fraction of sp³-hybridized carbons (Fsp3) is 0.611. The third-order valence-corrected chi connectivity index (χ3v) is 3.95. The molecule has 1 aromatic rings. The Labute approximate surface area is 134 Å². The van der Waals surface area contributed by atoms with Crippen LogP contribution in [0.5, 0.6) is 5.75 Å². The summed E-state index contributed by atoms with van der Waals surface area (Å²) in [5, 5.41) is 0. The smallest absolute Gasteiger partial charge is 0.223 e. The summed E-state index contributed by atoms with van der Waals surface area (Å²) >= 11 is 0. The molecule has 1 aliphatic rings. The summed E-state index contributed by atoms with van der Waals surface area (Å²) in [5.41, 5.74) is 1.32. The number of methoxy groups -OCH3 is 1. The van der Waals surface area contributed by atoms with Crippen LogP contribution in [-0.2, 0) is 11.3 Å². The molecule has 1 aliphatic heterocycles. The molecule has 0 bridgehead atoms. The molecule has 2 rings (SSSR count). The number of hydrogen-bond donors (Lipinski definition) is 0. The minimum Gasteiger partial charge on any atom is -0.497 e. The average molecular weight is 304 g/mol. The fourth-order valence-electron chi connectivity index (χ4n) is 2.75. The molecule has 1 heterocycles. The van der Waals surface area contributed by atoms with Gasteiger partial charge in [0.05, 0.1) is 7.11 Å². The van der Waals surface area contributed by atoms with Gasteiger partial charge in [-0.1, -0.05) is 32.9 Å². The van der Waals surface area contributed by atoms with E-state index in [9.17, 15) is 4.79 Å². The summed E-state index contributed by atoms with van der Waals surface area (Å²) in [4.78, 5) is 16.7. The Kier molecular flexibility index (Phi) is 5.46. The van der Waals surface area contributed by atoms with Gasteiger partial charge in [0, 0.05) is 39.1 Å². The van der Waals surface area contributed by atoms with Crippen molar-refractivity contribution in [2.24, 2.45) is 5.41 Å². The second-order valence-electron chi connectivity index (χ2n) is 7.25. The highest BCUT2D eigenvalue weighted by Gasteiger charge is 2.24. The van der Waals surface area contributed by atoms with Gasteiger partial charge in [-0.25, -0.2) is 0 Å². The number of hydrogen-bond acceptors (Lipinski definition) is 3. The number of ether oxygens (including phenoxy) is 1. The zero-order valence-corrected chi connectivity index (χ0v) is 14.3. The predicted molar refractivity (Wildman–Crippen MR) is 88.9 cm³/mol. The van der Waals surface area contributed by atoms with Crippen molar-refractivity contribution in [1.29, 1.82) is 0 Å². The molecule has 4 heteroatoms. The van der Waals surface area contributed by atoms with Crippen LogP contribution in [0.15, 0.2) is 24.3 Å². The molecule has 1 saturated heterocycles. The lowest BCUT2D eigenvalue weighted by molar-refractivity contribution is -0.134. The third-order valence-electron chi connectivity index (χ3n) is 3.95. The maximum atomic E-state index is 12.3. The molecule has 0 N–H and O–H groups in total. The molecule has 1 aromatic carbocycles. The quantitative estimate of drug-likeness (QED) is 0.857. The molecule has 122 valence electrons. The molecular weight excluding hydrogens is 276 g/mol. The molecule has 1 amide bonds. The van der Waals surface area contributed by atoms with Crippen molar-refractivity contribution in [1.82, 2.24) is 9.80 Å². The van der Waals surface area contributed by atoms with Gasteiger partial charge in [-0.15, -0.1) is 0 Å². The molecule has 0 atom stereocenters. The molecule has 22 heavy (non-hydrogen) atoms. The van der Waals surface area contributed by atoms with Gasteiger partial charge in [-0.05, 0) is 23.1 Å². The molecule has 4 nitrogen and oxygen atoms in total. The SMILES string of the molecule is COc1cccc(CN2CCN(C(=O)CC(C)(C)C)CC2)c1. The first-order chi connectivity index (χ1) is 10.4. The van der Waals surface area contributed by atoms with E-state index in [1.165, 1.54) is 5.56 Å². The lowest BCUT2D eigenvalue weighted by Crippen LogP contribution is -2.48. The Morgan fingerprint density at radius 2 is 1.86 bits per heavy atom. The van der Waals surface area contributed by atoms with Crippen LogP contribution >= 0.6 is 0 Å². The van der Waals surface area contributed by atoms with Gasteiger partial charge in [-0.2, -0.15) is 0 Å². The van der Waals surface area contributed by atoms with E-state index in [4.69, 9.17) is 4.74 Å². The monoisotopic (exact) mass is 304 g/mol. The van der Waals surface area contributed by atoms with Crippen LogP contribution in [0, 0.1) is 5.41 Å². The summed E-state index contributed by atoms with van der Waals surface area (Å²) in [6.45, 7) is 10.8. The van der Waals surface area contributed by atoms with Gasteiger partial charge in [0.2, 0.25) is 5.91 Å². The Hall–Kier alpha value is -1.55. The summed E-state index contributed by atoms with van der Waals surface area (Å²) in [6.07, 6.45) is 0.628. The third kappa shape index (κ3) is 5.02. The van der Waals surface area contributed by atoms with Crippen LogP contribution < -0.4 is 4.74 Å². The van der Waals surface area contributed by atoms with E-state index < -0.39 is 0 Å². The second-order valence-corrected chi connectivity index (χ2v) is 7.25. The average Bonchev–Trinajstić information content (AvgIpc) is 2.46. The topological polar surface area (TPSA) is 32.8 Å². The molecule has 0 radical (unpaired) electrons. The fourth-order valence-corrected chi connectivity index (χ4v) is 2.75. The van der Waals surface area contributed by atoms with Crippen LogP contribution in [0.3, 0.4) is 0 Å². The highest BCUT2D eigenvalue weighted by atomic mass is 16.5. The molecule has 0 aromatic heterocycles.